The van der Waals surface area contributed by atoms with Gasteiger partial charge in [0.1, 0.15) is 0 Å². The first kappa shape index (κ1) is 31.1. The van der Waals surface area contributed by atoms with Crippen LogP contribution in [0.15, 0.2) is 24.8 Å². The molecule has 2 atom stereocenters. The monoisotopic (exact) mass is 614 g/mol. The summed E-state index contributed by atoms with van der Waals surface area (Å²) in [5.74, 6) is -2.82. The first-order valence-corrected chi connectivity index (χ1v) is 14.0. The Hall–Kier alpha value is -3.84. The molecule has 0 radical (unpaired) electrons. The maximum atomic E-state index is 12.4. The van der Waals surface area contributed by atoms with Gasteiger partial charge in [-0.1, -0.05) is 26.5 Å². The fourth-order valence-electron chi connectivity index (χ4n) is 6.31. The zero-order valence-electron chi connectivity index (χ0n) is 25.0. The van der Waals surface area contributed by atoms with E-state index in [0.717, 1.165) is 56.4 Å². The summed E-state index contributed by atoms with van der Waals surface area (Å²) in [6, 6.07) is 5.96. The predicted molar refractivity (Wildman–Crippen MR) is 158 cm³/mol. The van der Waals surface area contributed by atoms with Gasteiger partial charge in [-0.3, -0.25) is 4.98 Å². The van der Waals surface area contributed by atoms with Gasteiger partial charge in [0, 0.05) is 62.4 Å². The summed E-state index contributed by atoms with van der Waals surface area (Å²) in [4.78, 5) is 40.7. The quantitative estimate of drug-likeness (QED) is 0.391. The van der Waals surface area contributed by atoms with Crippen LogP contribution in [0, 0.1) is 20.8 Å². The van der Waals surface area contributed by atoms with E-state index in [1.807, 2.05) is 32.1 Å². The topological polar surface area (TPSA) is 138 Å². The zero-order valence-corrected chi connectivity index (χ0v) is 28.0. The predicted octanol–water partition coefficient (Wildman–Crippen LogP) is 4.54. The number of aromatic amines is 2. The molecule has 8 bridgehead atoms. The van der Waals surface area contributed by atoms with E-state index >= 15 is 0 Å². The van der Waals surface area contributed by atoms with Gasteiger partial charge in [-0.2, -0.15) is 0 Å². The van der Waals surface area contributed by atoms with Crippen molar-refractivity contribution in [1.82, 2.24) is 19.9 Å². The molecule has 2 N–H and O–H groups in total. The van der Waals surface area contributed by atoms with E-state index in [-0.39, 0.29) is 43.3 Å². The Balaban J connectivity index is 0.00000405. The second-order valence-electron chi connectivity index (χ2n) is 11.0. The molecule has 0 saturated heterocycles. The molecule has 2 aliphatic rings. The van der Waals surface area contributed by atoms with Gasteiger partial charge < -0.3 is 29.8 Å². The number of aromatic nitrogens is 4. The maximum absolute atomic E-state index is 12.4. The summed E-state index contributed by atoms with van der Waals surface area (Å²) in [6.45, 7) is 15.8. The molecule has 8 nitrogen and oxygen atoms in total. The summed E-state index contributed by atoms with van der Waals surface area (Å²) in [5.41, 5.74) is 11.2. The van der Waals surface area contributed by atoms with E-state index in [1.54, 1.807) is 13.8 Å². The fourth-order valence-corrected chi connectivity index (χ4v) is 6.31. The third-order valence-electron chi connectivity index (χ3n) is 8.74. The Kier molecular flexibility index (Phi) is 8.74. The molecule has 2 aliphatic heterocycles. The van der Waals surface area contributed by atoms with Gasteiger partial charge in [0.15, 0.2) is 0 Å². The second-order valence-corrected chi connectivity index (χ2v) is 11.0. The molecule has 0 saturated carbocycles. The van der Waals surface area contributed by atoms with E-state index < -0.39 is 11.9 Å². The van der Waals surface area contributed by atoms with Crippen molar-refractivity contribution < 1.29 is 39.3 Å². The van der Waals surface area contributed by atoms with Gasteiger partial charge in [-0.25, -0.2) is 4.98 Å². The van der Waals surface area contributed by atoms with Gasteiger partial charge in [0.2, 0.25) is 0 Å². The number of nitrogens with one attached hydrogen (secondary N) is 2. The average Bonchev–Trinajstić information content (AvgIpc) is 3.60. The molecule has 212 valence electrons. The molecule has 0 aliphatic carbocycles. The first-order chi connectivity index (χ1) is 19.5. The minimum Gasteiger partial charge on any atom is -0.550 e. The van der Waals surface area contributed by atoms with Gasteiger partial charge in [-0.05, 0) is 93.0 Å². The number of carbonyl (C=O) groups is 2. The number of carboxylic acids is 2. The first-order valence-electron chi connectivity index (χ1n) is 14.0. The summed E-state index contributed by atoms with van der Waals surface area (Å²) in [5, 5.41) is 23.8. The van der Waals surface area contributed by atoms with Crippen molar-refractivity contribution in [1.29, 1.82) is 0 Å². The Labute approximate surface area is 257 Å². The molecule has 9 heteroatoms. The number of hydrogen-bond acceptors (Lipinski definition) is 6. The number of rotatable bonds is 6. The van der Waals surface area contributed by atoms with Gasteiger partial charge in [0.05, 0.1) is 17.4 Å². The van der Waals surface area contributed by atoms with Crippen LogP contribution in [-0.2, 0) is 35.5 Å². The van der Waals surface area contributed by atoms with Crippen molar-refractivity contribution in [3.8, 4) is 0 Å². The van der Waals surface area contributed by atoms with Gasteiger partial charge in [0.25, 0.3) is 0 Å². The standard InChI is InChI=1S/C33H36N4O4.Zn/c1-8-20-15(3)23-12-25-17(5)22(10-11-29(38)39)31(36-25)19(7)32-30(33(40)41)18(6)26(37-32)14-28-21(9-2)16(4)24(35-28)13-27(20)34-23;/h8,12-14,17,22,34-35H,1,9-11H2,2-7H3,(H,38,39)(H,40,41);/q;+2/p-2/t17-,22-;/m0./s1. The summed E-state index contributed by atoms with van der Waals surface area (Å²) >= 11 is 0. The van der Waals surface area contributed by atoms with Crippen molar-refractivity contribution in [2.75, 3.05) is 0 Å². The van der Waals surface area contributed by atoms with Crippen LogP contribution >= 0.6 is 0 Å². The third-order valence-corrected chi connectivity index (χ3v) is 8.74. The number of hydrogen-bond donors (Lipinski definition) is 2. The molecular formula is C33H34N4O4Zn. The van der Waals surface area contributed by atoms with Crippen LogP contribution < -0.4 is 10.2 Å². The molecule has 0 amide bonds. The van der Waals surface area contributed by atoms with E-state index in [2.05, 4.69) is 36.5 Å². The molecule has 5 heterocycles. The summed E-state index contributed by atoms with van der Waals surface area (Å²) in [7, 11) is 0. The molecule has 3 aromatic rings. The number of allylic oxidation sites excluding steroid dienone is 1. The molecule has 0 unspecified atom stereocenters. The van der Waals surface area contributed by atoms with E-state index in [1.165, 1.54) is 0 Å². The summed E-state index contributed by atoms with van der Waals surface area (Å²) < 4.78 is 0. The number of nitrogens with zero attached hydrogens (tertiary/aromatic N) is 2. The smallest absolute Gasteiger partial charge is 0.550 e. The molecule has 3 aromatic heterocycles. The number of aryl methyl sites for hydroxylation is 3. The van der Waals surface area contributed by atoms with Crippen molar-refractivity contribution in [3.05, 3.63) is 75.4 Å². The molecule has 0 fully saturated rings. The maximum Gasteiger partial charge on any atom is 2.00 e. The minimum atomic E-state index is -1.31. The largest absolute Gasteiger partial charge is 2.00 e. The van der Waals surface area contributed by atoms with E-state index in [4.69, 9.17) is 9.97 Å². The van der Waals surface area contributed by atoms with Crippen molar-refractivity contribution in [2.24, 2.45) is 0 Å². The van der Waals surface area contributed by atoms with Gasteiger partial charge in [-0.15, -0.1) is 0 Å². The fraction of sp³-hybridized carbons (Fsp3) is 0.333. The number of carbonyl (C=O) groups excluding carboxylic acids is 2. The van der Waals surface area contributed by atoms with Crippen LogP contribution in [0.4, 0.5) is 0 Å². The average molecular weight is 616 g/mol. The molecular weight excluding hydrogens is 582 g/mol. The van der Waals surface area contributed by atoms with Crippen molar-refractivity contribution >= 4 is 51.2 Å². The van der Waals surface area contributed by atoms with Crippen LogP contribution in [-0.4, -0.2) is 31.9 Å². The molecule has 5 rings (SSSR count). The Bertz CT molecular complexity index is 1830. The molecule has 0 aromatic carbocycles. The van der Waals surface area contributed by atoms with E-state index in [9.17, 15) is 19.8 Å². The zero-order chi connectivity index (χ0) is 29.7. The van der Waals surface area contributed by atoms with Crippen molar-refractivity contribution in [2.45, 2.75) is 72.6 Å². The summed E-state index contributed by atoms with van der Waals surface area (Å²) in [6.07, 6.45) is 2.79. The Morgan fingerprint density at radius 2 is 1.62 bits per heavy atom. The van der Waals surface area contributed by atoms with Crippen LogP contribution in [0.3, 0.4) is 0 Å². The van der Waals surface area contributed by atoms with Crippen LogP contribution in [0.1, 0.15) is 96.0 Å². The normalized spacial score (nSPS) is 16.3. The Morgan fingerprint density at radius 3 is 2.24 bits per heavy atom. The van der Waals surface area contributed by atoms with Crippen LogP contribution in [0.25, 0.3) is 39.3 Å². The number of fused-ring (bicyclic) bond motifs is 8. The van der Waals surface area contributed by atoms with Crippen LogP contribution in [0.2, 0.25) is 0 Å². The second kappa shape index (κ2) is 11.8. The Morgan fingerprint density at radius 1 is 0.952 bits per heavy atom. The molecule has 42 heavy (non-hydrogen) atoms. The van der Waals surface area contributed by atoms with Gasteiger partial charge >= 0.3 is 19.5 Å². The number of aliphatic carboxylic acids is 2. The number of H-pyrrole nitrogens is 2. The SMILES string of the molecule is C=Cc1c(C)c2cc3nc(c(C)c4nc(cc5[nH]c(cc1[nH]2)c(C)c5CC)C(C)=C4C(=O)[O-])[C@@H](CCC(=O)[O-])[C@@H]3C.[Zn+2]. The number of carboxylic acid groups (broad SMARTS) is 2. The van der Waals surface area contributed by atoms with Crippen molar-refractivity contribution in [3.63, 3.8) is 0 Å². The van der Waals surface area contributed by atoms with E-state index in [0.29, 0.717) is 34.6 Å². The third kappa shape index (κ3) is 5.15. The molecule has 0 spiro atoms. The van der Waals surface area contributed by atoms with Crippen LogP contribution in [0.5, 0.6) is 0 Å². The minimum absolute atomic E-state index is 0.